The Labute approximate surface area is 215 Å². The zero-order chi connectivity index (χ0) is 27.4. The minimum atomic E-state index is -0.982. The standard InChI is InChI=1S/C27H31N3O7/c1-26(2,3)36-24(32)30(25(33)37-27(4,5)6)20-15-19-13-10-14-29(34)22(19)21(16-20)28-23(31)35-17-18-11-8-7-9-12-18/h7-16H,17H2,1-6H3,(H,28,31). The molecule has 3 rings (SSSR count). The molecular weight excluding hydrogens is 478 g/mol. The van der Waals surface area contributed by atoms with Crippen LogP contribution in [0.4, 0.5) is 25.8 Å². The molecule has 1 N–H and O–H groups in total. The minimum Gasteiger partial charge on any atom is -0.618 e. The van der Waals surface area contributed by atoms with Crippen LogP contribution in [0, 0.1) is 5.21 Å². The topological polar surface area (TPSA) is 121 Å². The van der Waals surface area contributed by atoms with Crippen LogP contribution >= 0.6 is 0 Å². The molecule has 0 saturated heterocycles. The summed E-state index contributed by atoms with van der Waals surface area (Å²) in [6.07, 6.45) is -1.52. The summed E-state index contributed by atoms with van der Waals surface area (Å²) in [4.78, 5) is 39.6. The van der Waals surface area contributed by atoms with Crippen LogP contribution < -0.4 is 14.9 Å². The maximum Gasteiger partial charge on any atom is 0.424 e. The summed E-state index contributed by atoms with van der Waals surface area (Å²) in [5.41, 5.74) is -0.880. The number of anilines is 2. The Balaban J connectivity index is 2.03. The van der Waals surface area contributed by atoms with Gasteiger partial charge in [0.2, 0.25) is 5.52 Å². The summed E-state index contributed by atoms with van der Waals surface area (Å²) < 4.78 is 16.7. The van der Waals surface area contributed by atoms with Crippen LogP contribution in [0.5, 0.6) is 0 Å². The number of nitrogens with one attached hydrogen (secondary N) is 1. The molecule has 0 aliphatic rings. The van der Waals surface area contributed by atoms with Gasteiger partial charge in [-0.15, -0.1) is 0 Å². The Kier molecular flexibility index (Phi) is 7.90. The Bertz CT molecular complexity index is 1270. The van der Waals surface area contributed by atoms with E-state index in [0.29, 0.717) is 10.1 Å². The number of ether oxygens (including phenoxy) is 3. The highest BCUT2D eigenvalue weighted by molar-refractivity contribution is 6.12. The molecule has 1 heterocycles. The minimum absolute atomic E-state index is 0.00359. The van der Waals surface area contributed by atoms with Gasteiger partial charge in [0.05, 0.1) is 11.1 Å². The third-order valence-corrected chi connectivity index (χ3v) is 4.70. The first-order valence-corrected chi connectivity index (χ1v) is 11.6. The van der Waals surface area contributed by atoms with Gasteiger partial charge in [0.25, 0.3) is 0 Å². The molecule has 196 valence electrons. The van der Waals surface area contributed by atoms with Crippen molar-refractivity contribution in [2.75, 3.05) is 10.2 Å². The maximum atomic E-state index is 13.1. The van der Waals surface area contributed by atoms with Gasteiger partial charge < -0.3 is 19.4 Å². The molecule has 0 spiro atoms. The Morgan fingerprint density at radius 3 is 2.05 bits per heavy atom. The largest absolute Gasteiger partial charge is 0.618 e. The van der Waals surface area contributed by atoms with Crippen LogP contribution in [-0.4, -0.2) is 29.5 Å². The fourth-order valence-electron chi connectivity index (χ4n) is 3.31. The molecule has 0 radical (unpaired) electrons. The van der Waals surface area contributed by atoms with Gasteiger partial charge in [-0.2, -0.15) is 9.63 Å². The number of hydrogen-bond acceptors (Lipinski definition) is 7. The van der Waals surface area contributed by atoms with E-state index in [2.05, 4.69) is 5.32 Å². The lowest BCUT2D eigenvalue weighted by molar-refractivity contribution is -0.576. The van der Waals surface area contributed by atoms with Gasteiger partial charge in [0.1, 0.15) is 23.5 Å². The van der Waals surface area contributed by atoms with Crippen LogP contribution in [0.25, 0.3) is 10.9 Å². The highest BCUT2D eigenvalue weighted by Crippen LogP contribution is 2.30. The molecule has 1 aromatic heterocycles. The number of rotatable bonds is 4. The van der Waals surface area contributed by atoms with Crippen molar-refractivity contribution < 1.29 is 33.3 Å². The monoisotopic (exact) mass is 509 g/mol. The van der Waals surface area contributed by atoms with Crippen LogP contribution in [0.2, 0.25) is 0 Å². The Morgan fingerprint density at radius 2 is 1.49 bits per heavy atom. The summed E-state index contributed by atoms with van der Waals surface area (Å²) in [6.45, 7) is 9.97. The SMILES string of the molecule is CC(C)(C)OC(=O)N(C(=O)OC(C)(C)C)c1cc(NC(=O)OCc2ccccc2)c2c(ccc[n+]2[O-])c1. The van der Waals surface area contributed by atoms with Crippen molar-refractivity contribution in [3.05, 3.63) is 71.6 Å². The van der Waals surface area contributed by atoms with E-state index in [4.69, 9.17) is 14.2 Å². The van der Waals surface area contributed by atoms with Gasteiger partial charge in [-0.3, -0.25) is 5.32 Å². The van der Waals surface area contributed by atoms with E-state index in [1.807, 2.05) is 18.2 Å². The quantitative estimate of drug-likeness (QED) is 0.264. The number of aromatic nitrogens is 1. The highest BCUT2D eigenvalue weighted by Gasteiger charge is 2.34. The van der Waals surface area contributed by atoms with Crippen LogP contribution in [0.15, 0.2) is 60.8 Å². The van der Waals surface area contributed by atoms with Crippen molar-refractivity contribution in [1.29, 1.82) is 0 Å². The highest BCUT2D eigenvalue weighted by atomic mass is 16.6. The summed E-state index contributed by atoms with van der Waals surface area (Å²) >= 11 is 0. The smallest absolute Gasteiger partial charge is 0.424 e. The van der Waals surface area contributed by atoms with E-state index in [0.717, 1.165) is 10.5 Å². The predicted octanol–water partition coefficient (Wildman–Crippen LogP) is 5.90. The van der Waals surface area contributed by atoms with Crippen LogP contribution in [0.3, 0.4) is 0 Å². The molecule has 3 aromatic rings. The van der Waals surface area contributed by atoms with Crippen LogP contribution in [-0.2, 0) is 20.8 Å². The average molecular weight is 510 g/mol. The van der Waals surface area contributed by atoms with Gasteiger partial charge in [0, 0.05) is 6.07 Å². The molecule has 10 nitrogen and oxygen atoms in total. The van der Waals surface area contributed by atoms with E-state index in [1.165, 1.54) is 24.4 Å². The molecule has 0 aliphatic carbocycles. The molecule has 0 unspecified atom stereocenters. The van der Waals surface area contributed by atoms with Crippen molar-refractivity contribution in [1.82, 2.24) is 0 Å². The lowest BCUT2D eigenvalue weighted by Gasteiger charge is -2.29. The Morgan fingerprint density at radius 1 is 0.892 bits per heavy atom. The number of hydrogen-bond donors (Lipinski definition) is 1. The molecule has 0 aliphatic heterocycles. The first-order chi connectivity index (χ1) is 17.2. The van der Waals surface area contributed by atoms with Crippen molar-refractivity contribution in [3.8, 4) is 0 Å². The molecule has 10 heteroatoms. The second-order valence-corrected chi connectivity index (χ2v) is 10.2. The van der Waals surface area contributed by atoms with E-state index in [-0.39, 0.29) is 23.5 Å². The second kappa shape index (κ2) is 10.7. The van der Waals surface area contributed by atoms with E-state index < -0.39 is 29.5 Å². The molecule has 0 bridgehead atoms. The van der Waals surface area contributed by atoms with E-state index in [9.17, 15) is 19.6 Å². The number of amides is 3. The average Bonchev–Trinajstić information content (AvgIpc) is 2.76. The summed E-state index contributed by atoms with van der Waals surface area (Å²) in [6, 6.07) is 15.0. The van der Waals surface area contributed by atoms with Gasteiger partial charge in [-0.05, 0) is 65.3 Å². The number of carbonyl (C=O) groups is 3. The molecule has 0 fully saturated rings. The van der Waals surface area contributed by atoms with Crippen LogP contribution in [0.1, 0.15) is 47.1 Å². The van der Waals surface area contributed by atoms with Crippen molar-refractivity contribution in [3.63, 3.8) is 0 Å². The molecular formula is C27H31N3O7. The first kappa shape index (κ1) is 27.3. The molecule has 2 aromatic carbocycles. The lowest BCUT2D eigenvalue weighted by Crippen LogP contribution is -2.44. The lowest BCUT2D eigenvalue weighted by atomic mass is 10.1. The van der Waals surface area contributed by atoms with Gasteiger partial charge >= 0.3 is 18.3 Å². The normalized spacial score (nSPS) is 11.5. The molecule has 0 saturated carbocycles. The van der Waals surface area contributed by atoms with Crippen molar-refractivity contribution in [2.45, 2.75) is 59.4 Å². The first-order valence-electron chi connectivity index (χ1n) is 11.6. The third-order valence-electron chi connectivity index (χ3n) is 4.70. The second-order valence-electron chi connectivity index (χ2n) is 10.2. The van der Waals surface area contributed by atoms with Gasteiger partial charge in [0.15, 0.2) is 6.20 Å². The zero-order valence-corrected chi connectivity index (χ0v) is 21.7. The zero-order valence-electron chi connectivity index (χ0n) is 21.7. The molecule has 0 atom stereocenters. The number of benzene rings is 2. The Hall–Kier alpha value is -4.34. The third kappa shape index (κ3) is 7.57. The predicted molar refractivity (Wildman–Crippen MR) is 138 cm³/mol. The maximum absolute atomic E-state index is 13.1. The number of fused-ring (bicyclic) bond motifs is 1. The summed E-state index contributed by atoms with van der Waals surface area (Å²) in [7, 11) is 0. The van der Waals surface area contributed by atoms with Gasteiger partial charge in [-0.25, -0.2) is 14.4 Å². The van der Waals surface area contributed by atoms with Crippen molar-refractivity contribution in [2.24, 2.45) is 0 Å². The van der Waals surface area contributed by atoms with Crippen molar-refractivity contribution >= 4 is 40.6 Å². The molecule has 3 amide bonds. The fourth-order valence-corrected chi connectivity index (χ4v) is 3.31. The number of nitrogens with zero attached hydrogens (tertiary/aromatic N) is 2. The number of carbonyl (C=O) groups excluding carboxylic acids is 3. The summed E-state index contributed by atoms with van der Waals surface area (Å²) in [5, 5.41) is 15.5. The molecule has 37 heavy (non-hydrogen) atoms. The van der Waals surface area contributed by atoms with E-state index in [1.54, 1.807) is 59.7 Å². The summed E-state index contributed by atoms with van der Waals surface area (Å²) in [5.74, 6) is 0. The fraction of sp³-hybridized carbons (Fsp3) is 0.333. The number of imide groups is 1. The van der Waals surface area contributed by atoms with Gasteiger partial charge in [-0.1, -0.05) is 30.3 Å². The number of pyridine rings is 1. The van der Waals surface area contributed by atoms with E-state index >= 15 is 0 Å².